The van der Waals surface area contributed by atoms with E-state index in [0.717, 1.165) is 30.7 Å². The second-order valence-electron chi connectivity index (χ2n) is 10.6. The SMILES string of the molecule is CC1COCC/C1=N\[C@@H]1CC[C@@](C(=O)N2CCN(c3cc(C(F)(F)F)ccn3)CC2)(C(C)(C)O)C1. The van der Waals surface area contributed by atoms with Crippen molar-refractivity contribution in [1.82, 2.24) is 9.88 Å². The summed E-state index contributed by atoms with van der Waals surface area (Å²) >= 11 is 0. The van der Waals surface area contributed by atoms with E-state index in [1.165, 1.54) is 6.20 Å². The zero-order valence-electron chi connectivity index (χ0n) is 20.6. The highest BCUT2D eigenvalue weighted by Crippen LogP contribution is 2.49. The monoisotopic (exact) mass is 496 g/mol. The fraction of sp³-hybridized carbons (Fsp3) is 0.720. The quantitative estimate of drug-likeness (QED) is 0.690. The number of rotatable bonds is 4. The number of piperazine rings is 1. The number of amides is 1. The number of ether oxygens (including phenoxy) is 1. The van der Waals surface area contributed by atoms with E-state index in [-0.39, 0.29) is 23.7 Å². The lowest BCUT2D eigenvalue weighted by atomic mass is 9.70. The Morgan fingerprint density at radius 1 is 1.26 bits per heavy atom. The van der Waals surface area contributed by atoms with Gasteiger partial charge in [0.1, 0.15) is 5.82 Å². The molecule has 2 aliphatic heterocycles. The predicted octanol–water partition coefficient (Wildman–Crippen LogP) is 3.56. The summed E-state index contributed by atoms with van der Waals surface area (Å²) in [6, 6.07) is 1.99. The molecule has 1 aromatic heterocycles. The number of hydrogen-bond donors (Lipinski definition) is 1. The molecule has 0 radical (unpaired) electrons. The van der Waals surface area contributed by atoms with Gasteiger partial charge in [0.05, 0.1) is 35.8 Å². The van der Waals surface area contributed by atoms with Gasteiger partial charge in [0.15, 0.2) is 0 Å². The van der Waals surface area contributed by atoms with E-state index in [2.05, 4.69) is 11.9 Å². The molecule has 3 atom stereocenters. The van der Waals surface area contributed by atoms with Crippen LogP contribution in [0.3, 0.4) is 0 Å². The van der Waals surface area contributed by atoms with Crippen LogP contribution in [0.5, 0.6) is 0 Å². The molecule has 35 heavy (non-hydrogen) atoms. The summed E-state index contributed by atoms with van der Waals surface area (Å²) in [5, 5.41) is 11.1. The Balaban J connectivity index is 1.45. The molecule has 3 aliphatic rings. The number of anilines is 1. The average Bonchev–Trinajstić information content (AvgIpc) is 3.25. The normalized spacial score (nSPS) is 29.6. The Kier molecular flexibility index (Phi) is 7.16. The Morgan fingerprint density at radius 3 is 2.60 bits per heavy atom. The van der Waals surface area contributed by atoms with E-state index in [1.807, 2.05) is 0 Å². The van der Waals surface area contributed by atoms with Crippen molar-refractivity contribution < 1.29 is 27.8 Å². The van der Waals surface area contributed by atoms with Gasteiger partial charge in [-0.15, -0.1) is 0 Å². The van der Waals surface area contributed by atoms with E-state index < -0.39 is 22.8 Å². The van der Waals surface area contributed by atoms with Crippen molar-refractivity contribution >= 4 is 17.4 Å². The summed E-state index contributed by atoms with van der Waals surface area (Å²) in [4.78, 5) is 26.4. The number of halogens is 3. The number of pyridine rings is 1. The third kappa shape index (κ3) is 5.33. The van der Waals surface area contributed by atoms with Crippen molar-refractivity contribution in [1.29, 1.82) is 0 Å². The molecule has 1 amide bonds. The first-order valence-corrected chi connectivity index (χ1v) is 12.3. The van der Waals surface area contributed by atoms with Crippen LogP contribution in [0, 0.1) is 11.3 Å². The molecule has 3 heterocycles. The van der Waals surface area contributed by atoms with Gasteiger partial charge in [0, 0.05) is 50.4 Å². The molecule has 10 heteroatoms. The molecule has 4 rings (SSSR count). The topological polar surface area (TPSA) is 78.3 Å². The molecule has 1 N–H and O–H groups in total. The molecule has 0 aromatic carbocycles. The van der Waals surface area contributed by atoms with E-state index in [9.17, 15) is 23.1 Å². The van der Waals surface area contributed by atoms with Crippen LogP contribution in [0.1, 0.15) is 52.0 Å². The molecule has 7 nitrogen and oxygen atoms in total. The minimum Gasteiger partial charge on any atom is -0.389 e. The zero-order valence-corrected chi connectivity index (χ0v) is 20.6. The van der Waals surface area contributed by atoms with Gasteiger partial charge in [-0.2, -0.15) is 13.2 Å². The Bertz CT molecular complexity index is 954. The molecule has 1 unspecified atom stereocenters. The number of alkyl halides is 3. The van der Waals surface area contributed by atoms with Crippen molar-refractivity contribution in [2.75, 3.05) is 44.3 Å². The zero-order chi connectivity index (χ0) is 25.4. The van der Waals surface area contributed by atoms with E-state index in [1.54, 1.807) is 23.6 Å². The summed E-state index contributed by atoms with van der Waals surface area (Å²) in [6.45, 7) is 8.30. The lowest BCUT2D eigenvalue weighted by molar-refractivity contribution is -0.158. The maximum atomic E-state index is 13.8. The second kappa shape index (κ2) is 9.69. The molecule has 1 saturated carbocycles. The van der Waals surface area contributed by atoms with Crippen molar-refractivity contribution in [3.05, 3.63) is 23.9 Å². The van der Waals surface area contributed by atoms with Crippen LogP contribution in [0.25, 0.3) is 0 Å². The highest BCUT2D eigenvalue weighted by Gasteiger charge is 2.56. The van der Waals surface area contributed by atoms with Gasteiger partial charge in [-0.05, 0) is 45.2 Å². The fourth-order valence-electron chi connectivity index (χ4n) is 5.56. The van der Waals surface area contributed by atoms with Gasteiger partial charge in [0.25, 0.3) is 0 Å². The summed E-state index contributed by atoms with van der Waals surface area (Å²) < 4.78 is 44.8. The van der Waals surface area contributed by atoms with E-state index in [0.29, 0.717) is 52.2 Å². The van der Waals surface area contributed by atoms with Crippen molar-refractivity contribution in [2.45, 2.75) is 64.3 Å². The van der Waals surface area contributed by atoms with Crippen LogP contribution in [0.4, 0.5) is 19.0 Å². The van der Waals surface area contributed by atoms with Crippen molar-refractivity contribution in [3.63, 3.8) is 0 Å². The number of aliphatic imine (C=N–C) groups is 1. The van der Waals surface area contributed by atoms with Gasteiger partial charge >= 0.3 is 6.18 Å². The minimum atomic E-state index is -4.43. The molecule has 0 bridgehead atoms. The highest BCUT2D eigenvalue weighted by atomic mass is 19.4. The summed E-state index contributed by atoms with van der Waals surface area (Å²) in [7, 11) is 0. The van der Waals surface area contributed by atoms with Crippen LogP contribution in [-0.2, 0) is 15.7 Å². The number of aromatic nitrogens is 1. The molecule has 0 spiro atoms. The fourth-order valence-corrected chi connectivity index (χ4v) is 5.56. The Labute approximate surface area is 204 Å². The first kappa shape index (κ1) is 25.9. The van der Waals surface area contributed by atoms with Gasteiger partial charge < -0.3 is 19.6 Å². The predicted molar refractivity (Wildman–Crippen MR) is 126 cm³/mol. The van der Waals surface area contributed by atoms with Crippen molar-refractivity contribution in [2.24, 2.45) is 16.3 Å². The van der Waals surface area contributed by atoms with Gasteiger partial charge in [-0.25, -0.2) is 4.98 Å². The Morgan fingerprint density at radius 2 is 1.97 bits per heavy atom. The average molecular weight is 497 g/mol. The number of aliphatic hydroxyl groups is 1. The van der Waals surface area contributed by atoms with Crippen LogP contribution in [0.15, 0.2) is 23.3 Å². The molecule has 1 aromatic rings. The third-order valence-corrected chi connectivity index (χ3v) is 7.82. The smallest absolute Gasteiger partial charge is 0.389 e. The van der Waals surface area contributed by atoms with Gasteiger partial charge in [0.2, 0.25) is 5.91 Å². The van der Waals surface area contributed by atoms with Crippen LogP contribution < -0.4 is 4.90 Å². The van der Waals surface area contributed by atoms with Crippen LogP contribution >= 0.6 is 0 Å². The van der Waals surface area contributed by atoms with E-state index in [4.69, 9.17) is 9.73 Å². The first-order chi connectivity index (χ1) is 16.4. The number of carbonyl (C=O) groups excluding carboxylic acids is 1. The highest BCUT2D eigenvalue weighted by molar-refractivity contribution is 5.88. The van der Waals surface area contributed by atoms with Crippen molar-refractivity contribution in [3.8, 4) is 0 Å². The standard InChI is InChI=1S/C25H35F3N4O3/c1-17-16-35-13-6-20(17)30-19-4-7-24(15-19,23(2,3)34)22(33)32-11-9-31(10-12-32)21-14-18(5-8-29-21)25(26,27)28/h5,8,14,17,19,34H,4,6-7,9-13,15-16H2,1-3H3/b30-20+/t17?,19-,24-/m1/s1. The molecular formula is C25H35F3N4O3. The molecule has 2 saturated heterocycles. The Hall–Kier alpha value is -2.20. The van der Waals surface area contributed by atoms with E-state index >= 15 is 0 Å². The first-order valence-electron chi connectivity index (χ1n) is 12.3. The molecule has 3 fully saturated rings. The molecule has 194 valence electrons. The number of carbonyl (C=O) groups is 1. The lowest BCUT2D eigenvalue weighted by Crippen LogP contribution is -2.58. The summed E-state index contributed by atoms with van der Waals surface area (Å²) in [5.41, 5.74) is -1.77. The molecular weight excluding hydrogens is 461 g/mol. The van der Waals surface area contributed by atoms with Gasteiger partial charge in [-0.1, -0.05) is 6.92 Å². The van der Waals surface area contributed by atoms with Crippen LogP contribution in [-0.4, -0.2) is 77.6 Å². The summed E-state index contributed by atoms with van der Waals surface area (Å²) in [6.07, 6.45) is -0.690. The summed E-state index contributed by atoms with van der Waals surface area (Å²) in [5.74, 6) is 0.421. The molecule has 1 aliphatic carbocycles. The maximum absolute atomic E-state index is 13.8. The number of hydrogen-bond acceptors (Lipinski definition) is 6. The maximum Gasteiger partial charge on any atom is 0.416 e. The minimum absolute atomic E-state index is 0.0171. The van der Waals surface area contributed by atoms with Crippen LogP contribution in [0.2, 0.25) is 0 Å². The largest absolute Gasteiger partial charge is 0.416 e. The van der Waals surface area contributed by atoms with Gasteiger partial charge in [-0.3, -0.25) is 9.79 Å². The number of nitrogens with zero attached hydrogens (tertiary/aromatic N) is 4. The lowest BCUT2D eigenvalue weighted by Gasteiger charge is -2.45. The second-order valence-corrected chi connectivity index (χ2v) is 10.6. The third-order valence-electron chi connectivity index (χ3n) is 7.82.